The van der Waals surface area contributed by atoms with Crippen LogP contribution in [0.4, 0.5) is 4.39 Å². The highest BCUT2D eigenvalue weighted by atomic mass is 35.5. The fourth-order valence-electron chi connectivity index (χ4n) is 2.00. The molecule has 4 nitrogen and oxygen atoms in total. The molecule has 0 atom stereocenters. The van der Waals surface area contributed by atoms with Crippen LogP contribution in [0.5, 0.6) is 0 Å². The monoisotopic (exact) mass is 368 g/mol. The Hall–Kier alpha value is -2.11. The molecule has 0 saturated carbocycles. The highest BCUT2D eigenvalue weighted by molar-refractivity contribution is 6.42. The summed E-state index contributed by atoms with van der Waals surface area (Å²) in [4.78, 5) is 23.6. The smallest absolute Gasteiger partial charge is 0.251 e. The van der Waals surface area contributed by atoms with Gasteiger partial charge < -0.3 is 10.6 Å². The predicted molar refractivity (Wildman–Crippen MR) is 91.9 cm³/mol. The minimum absolute atomic E-state index is 0.164. The van der Waals surface area contributed by atoms with E-state index in [1.54, 1.807) is 12.1 Å². The van der Waals surface area contributed by atoms with Crippen molar-refractivity contribution in [2.75, 3.05) is 13.1 Å². The van der Waals surface area contributed by atoms with E-state index in [1.807, 2.05) is 0 Å². The van der Waals surface area contributed by atoms with Gasteiger partial charge in [0.2, 0.25) is 5.91 Å². The van der Waals surface area contributed by atoms with E-state index in [0.717, 1.165) is 5.56 Å². The highest BCUT2D eigenvalue weighted by Gasteiger charge is 2.09. The molecule has 2 N–H and O–H groups in total. The minimum Gasteiger partial charge on any atom is -0.354 e. The second kappa shape index (κ2) is 8.66. The molecule has 0 bridgehead atoms. The molecule has 2 aromatic rings. The van der Waals surface area contributed by atoms with Crippen molar-refractivity contribution in [3.63, 3.8) is 0 Å². The SMILES string of the molecule is O=C(CNC(=O)c1ccc(Cl)c(Cl)c1)NCCc1cccc(F)c1. The third-order valence-electron chi connectivity index (χ3n) is 3.22. The molecule has 7 heteroatoms. The van der Waals surface area contributed by atoms with Gasteiger partial charge in [0.1, 0.15) is 5.82 Å². The van der Waals surface area contributed by atoms with Crippen molar-refractivity contribution in [3.8, 4) is 0 Å². The lowest BCUT2D eigenvalue weighted by atomic mass is 10.1. The van der Waals surface area contributed by atoms with Crippen molar-refractivity contribution in [2.45, 2.75) is 6.42 Å². The van der Waals surface area contributed by atoms with Crippen molar-refractivity contribution in [1.82, 2.24) is 10.6 Å². The number of hydrogen-bond donors (Lipinski definition) is 2. The van der Waals surface area contributed by atoms with Crippen molar-refractivity contribution >= 4 is 35.0 Å². The van der Waals surface area contributed by atoms with Crippen LogP contribution in [0.15, 0.2) is 42.5 Å². The Balaban J connectivity index is 1.74. The lowest BCUT2D eigenvalue weighted by Gasteiger charge is -2.08. The normalized spacial score (nSPS) is 10.3. The van der Waals surface area contributed by atoms with Gasteiger partial charge in [0.05, 0.1) is 16.6 Å². The maximum atomic E-state index is 13.0. The minimum atomic E-state index is -0.422. The van der Waals surface area contributed by atoms with Gasteiger partial charge in [-0.05, 0) is 42.3 Å². The van der Waals surface area contributed by atoms with Crippen LogP contribution >= 0.6 is 23.2 Å². The van der Waals surface area contributed by atoms with E-state index in [9.17, 15) is 14.0 Å². The van der Waals surface area contributed by atoms with Crippen LogP contribution < -0.4 is 10.6 Å². The number of rotatable bonds is 6. The molecule has 0 aromatic heterocycles. The van der Waals surface area contributed by atoms with E-state index in [1.165, 1.54) is 30.3 Å². The summed E-state index contributed by atoms with van der Waals surface area (Å²) in [6.07, 6.45) is 0.504. The molecule has 0 saturated heterocycles. The van der Waals surface area contributed by atoms with E-state index in [2.05, 4.69) is 10.6 Å². The molecule has 0 unspecified atom stereocenters. The summed E-state index contributed by atoms with van der Waals surface area (Å²) < 4.78 is 13.0. The van der Waals surface area contributed by atoms with Gasteiger partial charge in [-0.3, -0.25) is 9.59 Å². The Labute approximate surface area is 149 Å². The number of amides is 2. The Morgan fingerprint density at radius 3 is 2.50 bits per heavy atom. The second-order valence-corrected chi connectivity index (χ2v) is 5.86. The lowest BCUT2D eigenvalue weighted by molar-refractivity contribution is -0.120. The van der Waals surface area contributed by atoms with E-state index in [0.29, 0.717) is 23.6 Å². The number of halogens is 3. The topological polar surface area (TPSA) is 58.2 Å². The summed E-state index contributed by atoms with van der Waals surface area (Å²) in [6.45, 7) is 0.188. The summed E-state index contributed by atoms with van der Waals surface area (Å²) in [7, 11) is 0. The Kier molecular flexibility index (Phi) is 6.58. The molecule has 0 aliphatic rings. The average molecular weight is 369 g/mol. The van der Waals surface area contributed by atoms with Crippen LogP contribution in [0, 0.1) is 5.82 Å². The standard InChI is InChI=1S/C17H15Cl2FN2O2/c18-14-5-4-12(9-15(14)19)17(24)22-10-16(23)21-7-6-11-2-1-3-13(20)8-11/h1-5,8-9H,6-7,10H2,(H,21,23)(H,22,24). The van der Waals surface area contributed by atoms with E-state index in [-0.39, 0.29) is 23.3 Å². The average Bonchev–Trinajstić information content (AvgIpc) is 2.55. The lowest BCUT2D eigenvalue weighted by Crippen LogP contribution is -2.37. The zero-order valence-electron chi connectivity index (χ0n) is 12.6. The van der Waals surface area contributed by atoms with Crippen molar-refractivity contribution in [2.24, 2.45) is 0 Å². The fraction of sp³-hybridized carbons (Fsp3) is 0.176. The molecule has 0 spiro atoms. The predicted octanol–water partition coefficient (Wildman–Crippen LogP) is 3.22. The molecule has 0 aliphatic carbocycles. The Morgan fingerprint density at radius 2 is 1.79 bits per heavy atom. The van der Waals surface area contributed by atoms with Crippen LogP contribution in [0.1, 0.15) is 15.9 Å². The van der Waals surface area contributed by atoms with Crippen molar-refractivity contribution < 1.29 is 14.0 Å². The van der Waals surface area contributed by atoms with Crippen molar-refractivity contribution in [1.29, 1.82) is 0 Å². The Morgan fingerprint density at radius 1 is 1.00 bits per heavy atom. The van der Waals surface area contributed by atoms with Gasteiger partial charge in [0.15, 0.2) is 0 Å². The maximum Gasteiger partial charge on any atom is 0.251 e. The first-order valence-electron chi connectivity index (χ1n) is 7.20. The summed E-state index contributed by atoms with van der Waals surface area (Å²) in [6, 6.07) is 10.6. The second-order valence-electron chi connectivity index (χ2n) is 5.04. The highest BCUT2D eigenvalue weighted by Crippen LogP contribution is 2.22. The van der Waals surface area contributed by atoms with Gasteiger partial charge in [-0.15, -0.1) is 0 Å². The first-order valence-corrected chi connectivity index (χ1v) is 7.95. The van der Waals surface area contributed by atoms with E-state index < -0.39 is 5.91 Å². The number of hydrogen-bond acceptors (Lipinski definition) is 2. The molecular weight excluding hydrogens is 354 g/mol. The largest absolute Gasteiger partial charge is 0.354 e. The van der Waals surface area contributed by atoms with Gasteiger partial charge in [-0.1, -0.05) is 35.3 Å². The summed E-state index contributed by atoms with van der Waals surface area (Å²) in [5, 5.41) is 5.76. The van der Waals surface area contributed by atoms with Crippen LogP contribution in [-0.4, -0.2) is 24.9 Å². The molecule has 2 aromatic carbocycles. The summed E-state index contributed by atoms with van der Waals surface area (Å²) in [5.41, 5.74) is 1.10. The molecular formula is C17H15Cl2FN2O2. The number of benzene rings is 2. The van der Waals surface area contributed by atoms with Crippen LogP contribution in [0.25, 0.3) is 0 Å². The fourth-order valence-corrected chi connectivity index (χ4v) is 2.30. The molecule has 24 heavy (non-hydrogen) atoms. The van der Waals surface area contributed by atoms with E-state index in [4.69, 9.17) is 23.2 Å². The molecule has 0 aliphatic heterocycles. The van der Waals surface area contributed by atoms with Gasteiger partial charge in [0.25, 0.3) is 5.91 Å². The number of carbonyl (C=O) groups is 2. The quantitative estimate of drug-likeness (QED) is 0.822. The molecule has 0 fully saturated rings. The van der Waals surface area contributed by atoms with Gasteiger partial charge >= 0.3 is 0 Å². The zero-order chi connectivity index (χ0) is 17.5. The first kappa shape index (κ1) is 18.2. The molecule has 0 heterocycles. The zero-order valence-corrected chi connectivity index (χ0v) is 14.1. The Bertz CT molecular complexity index is 753. The molecule has 2 rings (SSSR count). The summed E-state index contributed by atoms with van der Waals surface area (Å²) in [5.74, 6) is -1.07. The van der Waals surface area contributed by atoms with Crippen LogP contribution in [0.2, 0.25) is 10.0 Å². The van der Waals surface area contributed by atoms with Gasteiger partial charge in [0, 0.05) is 12.1 Å². The van der Waals surface area contributed by atoms with Crippen molar-refractivity contribution in [3.05, 3.63) is 69.5 Å². The van der Waals surface area contributed by atoms with Gasteiger partial charge in [-0.2, -0.15) is 0 Å². The van der Waals surface area contributed by atoms with E-state index >= 15 is 0 Å². The third-order valence-corrected chi connectivity index (χ3v) is 3.96. The first-order chi connectivity index (χ1) is 11.5. The number of nitrogens with one attached hydrogen (secondary N) is 2. The van der Waals surface area contributed by atoms with Gasteiger partial charge in [-0.25, -0.2) is 4.39 Å². The maximum absolute atomic E-state index is 13.0. The molecule has 2 amide bonds. The third kappa shape index (κ3) is 5.51. The number of carbonyl (C=O) groups excluding carboxylic acids is 2. The van der Waals surface area contributed by atoms with Crippen LogP contribution in [-0.2, 0) is 11.2 Å². The van der Waals surface area contributed by atoms with Crippen LogP contribution in [0.3, 0.4) is 0 Å². The summed E-state index contributed by atoms with van der Waals surface area (Å²) >= 11 is 11.6. The molecule has 0 radical (unpaired) electrons. The molecule has 126 valence electrons.